The summed E-state index contributed by atoms with van der Waals surface area (Å²) >= 11 is 12.5. The van der Waals surface area contributed by atoms with Gasteiger partial charge in [-0.2, -0.15) is 0 Å². The van der Waals surface area contributed by atoms with Crippen LogP contribution in [-0.2, 0) is 4.74 Å². The van der Waals surface area contributed by atoms with Gasteiger partial charge in [0.2, 0.25) is 0 Å². The van der Waals surface area contributed by atoms with Gasteiger partial charge in [-0.15, -0.1) is 11.3 Å². The Bertz CT molecular complexity index is 1270. The topological polar surface area (TPSA) is 128 Å². The maximum absolute atomic E-state index is 12.8. The fraction of sp³-hybridized carbons (Fsp3) is 0.0952. The highest BCUT2D eigenvalue weighted by Crippen LogP contribution is 2.35. The fourth-order valence-corrected chi connectivity index (χ4v) is 4.25. The maximum atomic E-state index is 12.8. The van der Waals surface area contributed by atoms with Crippen LogP contribution in [0.1, 0.15) is 36.0 Å². The van der Waals surface area contributed by atoms with Gasteiger partial charge in [-0.05, 0) is 48.9 Å². The van der Waals surface area contributed by atoms with Crippen molar-refractivity contribution in [1.29, 1.82) is 0 Å². The van der Waals surface area contributed by atoms with Crippen LogP contribution in [0, 0.1) is 17.0 Å². The summed E-state index contributed by atoms with van der Waals surface area (Å²) in [5, 5.41) is 16.8. The zero-order valence-corrected chi connectivity index (χ0v) is 19.4. The van der Waals surface area contributed by atoms with Gasteiger partial charge in [-0.1, -0.05) is 23.2 Å². The normalized spacial score (nSPS) is 10.4. The number of methoxy groups -OCH3 is 1. The van der Waals surface area contributed by atoms with Crippen molar-refractivity contribution in [2.24, 2.45) is 0 Å². The molecular formula is C21H15Cl2N3O6S. The van der Waals surface area contributed by atoms with Gasteiger partial charge in [0.1, 0.15) is 10.0 Å². The molecule has 0 spiro atoms. The van der Waals surface area contributed by atoms with E-state index in [1.807, 2.05) is 0 Å². The monoisotopic (exact) mass is 507 g/mol. The summed E-state index contributed by atoms with van der Waals surface area (Å²) in [7, 11) is 1.17. The number of carbonyl (C=O) groups is 3. The van der Waals surface area contributed by atoms with Crippen LogP contribution in [0.25, 0.3) is 0 Å². The molecule has 0 fully saturated rings. The number of esters is 1. The number of thiophene rings is 1. The summed E-state index contributed by atoms with van der Waals surface area (Å²) in [6, 6.07) is 9.98. The van der Waals surface area contributed by atoms with Gasteiger partial charge in [-0.25, -0.2) is 4.79 Å². The molecule has 1 heterocycles. The van der Waals surface area contributed by atoms with Crippen molar-refractivity contribution in [3.05, 3.63) is 84.2 Å². The summed E-state index contributed by atoms with van der Waals surface area (Å²) in [4.78, 5) is 48.5. The molecule has 0 aliphatic carbocycles. The number of carbonyl (C=O) groups excluding carboxylic acids is 3. The standard InChI is InChI=1S/C21H15Cl2N3O6S/c1-10-16(21(29)32-2)20(25-18(27)11-3-8-14(23)15(9-11)26(30)31)33-17(10)19(28)24-13-6-4-12(22)5-7-13/h3-9H,1-2H3,(H,24,28)(H,25,27). The quantitative estimate of drug-likeness (QED) is 0.255. The number of nitrogens with zero attached hydrogens (tertiary/aromatic N) is 1. The molecule has 0 bridgehead atoms. The highest BCUT2D eigenvalue weighted by Gasteiger charge is 2.27. The molecule has 1 aromatic heterocycles. The van der Waals surface area contributed by atoms with Gasteiger partial charge in [0.05, 0.1) is 22.5 Å². The molecule has 0 aliphatic rings. The lowest BCUT2D eigenvalue weighted by Gasteiger charge is -2.06. The zero-order valence-electron chi connectivity index (χ0n) is 17.1. The third-order valence-electron chi connectivity index (χ3n) is 4.48. The molecular weight excluding hydrogens is 493 g/mol. The number of amides is 2. The number of nitrogens with one attached hydrogen (secondary N) is 2. The van der Waals surface area contributed by atoms with Gasteiger partial charge < -0.3 is 15.4 Å². The molecule has 3 aromatic rings. The van der Waals surface area contributed by atoms with Crippen LogP contribution in [0.15, 0.2) is 42.5 Å². The van der Waals surface area contributed by atoms with Crippen molar-refractivity contribution in [1.82, 2.24) is 0 Å². The minimum absolute atomic E-state index is 0.000527. The number of anilines is 2. The van der Waals surface area contributed by atoms with Crippen LogP contribution in [0.5, 0.6) is 0 Å². The largest absolute Gasteiger partial charge is 0.465 e. The number of hydrogen-bond donors (Lipinski definition) is 2. The third kappa shape index (κ3) is 5.30. The Kier molecular flexibility index (Phi) is 7.32. The summed E-state index contributed by atoms with van der Waals surface area (Å²) in [6.07, 6.45) is 0. The van der Waals surface area contributed by atoms with Crippen LogP contribution in [0.2, 0.25) is 10.0 Å². The van der Waals surface area contributed by atoms with Crippen LogP contribution in [-0.4, -0.2) is 29.8 Å². The number of hydrogen-bond acceptors (Lipinski definition) is 7. The lowest BCUT2D eigenvalue weighted by molar-refractivity contribution is -0.384. The Morgan fingerprint density at radius 3 is 2.30 bits per heavy atom. The van der Waals surface area contributed by atoms with E-state index in [4.69, 9.17) is 27.9 Å². The molecule has 170 valence electrons. The summed E-state index contributed by atoms with van der Waals surface area (Å²) < 4.78 is 4.80. The molecule has 0 saturated carbocycles. The lowest BCUT2D eigenvalue weighted by Crippen LogP contribution is -2.14. The molecule has 0 saturated heterocycles. The van der Waals surface area contributed by atoms with E-state index in [1.165, 1.54) is 19.2 Å². The Balaban J connectivity index is 1.94. The molecule has 0 radical (unpaired) electrons. The van der Waals surface area contributed by atoms with Crippen molar-refractivity contribution in [3.63, 3.8) is 0 Å². The molecule has 33 heavy (non-hydrogen) atoms. The van der Waals surface area contributed by atoms with E-state index in [1.54, 1.807) is 31.2 Å². The number of ether oxygens (including phenoxy) is 1. The van der Waals surface area contributed by atoms with Gasteiger partial charge >= 0.3 is 5.97 Å². The van der Waals surface area contributed by atoms with E-state index in [0.717, 1.165) is 17.4 Å². The van der Waals surface area contributed by atoms with Crippen LogP contribution in [0.4, 0.5) is 16.4 Å². The molecule has 2 N–H and O–H groups in total. The average molecular weight is 508 g/mol. The van der Waals surface area contributed by atoms with Crippen molar-refractivity contribution >= 4 is 68.7 Å². The van der Waals surface area contributed by atoms with Crippen molar-refractivity contribution in [2.45, 2.75) is 6.92 Å². The van der Waals surface area contributed by atoms with Gasteiger partial charge in [0, 0.05) is 22.3 Å². The molecule has 2 aromatic carbocycles. The molecule has 0 atom stereocenters. The number of nitro groups is 1. The second-order valence-corrected chi connectivity index (χ2v) is 8.45. The average Bonchev–Trinajstić information content (AvgIpc) is 3.10. The lowest BCUT2D eigenvalue weighted by atomic mass is 10.1. The van der Waals surface area contributed by atoms with Gasteiger partial charge in [-0.3, -0.25) is 19.7 Å². The van der Waals surface area contributed by atoms with Crippen LogP contribution in [0.3, 0.4) is 0 Å². The zero-order chi connectivity index (χ0) is 24.3. The van der Waals surface area contributed by atoms with Crippen molar-refractivity contribution < 1.29 is 24.0 Å². The first-order chi connectivity index (χ1) is 15.6. The highest BCUT2D eigenvalue weighted by molar-refractivity contribution is 7.19. The maximum Gasteiger partial charge on any atom is 0.341 e. The minimum atomic E-state index is -0.758. The minimum Gasteiger partial charge on any atom is -0.465 e. The Hall–Kier alpha value is -3.47. The third-order valence-corrected chi connectivity index (χ3v) is 6.25. The van der Waals surface area contributed by atoms with Crippen LogP contribution < -0.4 is 10.6 Å². The van der Waals surface area contributed by atoms with E-state index in [0.29, 0.717) is 16.3 Å². The smallest absolute Gasteiger partial charge is 0.341 e. The number of nitro benzene ring substituents is 1. The van der Waals surface area contributed by atoms with E-state index >= 15 is 0 Å². The van der Waals surface area contributed by atoms with Gasteiger partial charge in [0.15, 0.2) is 0 Å². The Morgan fingerprint density at radius 2 is 1.70 bits per heavy atom. The highest BCUT2D eigenvalue weighted by atomic mass is 35.5. The molecule has 2 amide bonds. The van der Waals surface area contributed by atoms with E-state index in [2.05, 4.69) is 10.6 Å². The van der Waals surface area contributed by atoms with E-state index in [9.17, 15) is 24.5 Å². The summed E-state index contributed by atoms with van der Waals surface area (Å²) in [5.41, 5.74) is 0.287. The van der Waals surface area contributed by atoms with E-state index in [-0.39, 0.29) is 26.0 Å². The predicted octanol–water partition coefficient (Wildman–Crippen LogP) is 5.56. The molecule has 12 heteroatoms. The molecule has 3 rings (SSSR count). The first-order valence-electron chi connectivity index (χ1n) is 9.16. The Morgan fingerprint density at radius 1 is 1.03 bits per heavy atom. The second kappa shape index (κ2) is 9.99. The first-order valence-corrected chi connectivity index (χ1v) is 10.7. The predicted molar refractivity (Wildman–Crippen MR) is 126 cm³/mol. The molecule has 0 aliphatic heterocycles. The van der Waals surface area contributed by atoms with E-state index < -0.39 is 28.4 Å². The van der Waals surface area contributed by atoms with Crippen molar-refractivity contribution in [3.8, 4) is 0 Å². The first kappa shape index (κ1) is 24.2. The molecule has 9 nitrogen and oxygen atoms in total. The Labute approximate surface area is 201 Å². The van der Waals surface area contributed by atoms with Crippen molar-refractivity contribution in [2.75, 3.05) is 17.7 Å². The number of halogens is 2. The molecule has 0 unspecified atom stereocenters. The fourth-order valence-electron chi connectivity index (χ4n) is 2.86. The number of rotatable bonds is 6. The SMILES string of the molecule is COC(=O)c1c(NC(=O)c2ccc(Cl)c([N+](=O)[O-])c2)sc(C(=O)Nc2ccc(Cl)cc2)c1C. The second-order valence-electron chi connectivity index (χ2n) is 6.59. The number of benzene rings is 2. The van der Waals surface area contributed by atoms with Crippen LogP contribution >= 0.6 is 34.5 Å². The summed E-state index contributed by atoms with van der Waals surface area (Å²) in [6.45, 7) is 1.54. The van der Waals surface area contributed by atoms with Gasteiger partial charge in [0.25, 0.3) is 17.5 Å². The summed E-state index contributed by atoms with van der Waals surface area (Å²) in [5.74, 6) is -2.00.